The Morgan fingerprint density at radius 1 is 1.32 bits per heavy atom. The van der Waals surface area contributed by atoms with Crippen molar-refractivity contribution in [3.63, 3.8) is 0 Å². The summed E-state index contributed by atoms with van der Waals surface area (Å²) in [6, 6.07) is 7.74. The normalized spacial score (nSPS) is 16.6. The number of thioether (sulfide) groups is 1. The lowest BCUT2D eigenvalue weighted by Crippen LogP contribution is -2.36. The van der Waals surface area contributed by atoms with Gasteiger partial charge in [0.1, 0.15) is 0 Å². The van der Waals surface area contributed by atoms with Crippen molar-refractivity contribution in [1.29, 1.82) is 0 Å². The van der Waals surface area contributed by atoms with E-state index in [1.165, 1.54) is 0 Å². The fraction of sp³-hybridized carbons (Fsp3) is 0.588. The van der Waals surface area contributed by atoms with Gasteiger partial charge in [0.05, 0.1) is 6.10 Å². The number of piperidine rings is 1. The average molecular weight is 322 g/mol. The summed E-state index contributed by atoms with van der Waals surface area (Å²) in [6.45, 7) is 6.62. The van der Waals surface area contributed by atoms with Crippen LogP contribution in [-0.4, -0.2) is 47.8 Å². The average Bonchev–Trinajstić information content (AvgIpc) is 2.54. The Bertz CT molecular complexity index is 494. The van der Waals surface area contributed by atoms with Crippen molar-refractivity contribution >= 4 is 23.4 Å². The largest absolute Gasteiger partial charge is 0.393 e. The number of carbonyl (C=O) groups is 1. The van der Waals surface area contributed by atoms with Gasteiger partial charge in [-0.3, -0.25) is 4.79 Å². The van der Waals surface area contributed by atoms with Crippen molar-refractivity contribution < 1.29 is 9.90 Å². The van der Waals surface area contributed by atoms with Crippen LogP contribution >= 0.6 is 11.8 Å². The lowest BCUT2D eigenvalue weighted by Gasteiger charge is -2.31. The number of aliphatic hydroxyl groups excluding tert-OH is 1. The van der Waals surface area contributed by atoms with E-state index in [2.05, 4.69) is 30.3 Å². The maximum absolute atomic E-state index is 12.2. The van der Waals surface area contributed by atoms with E-state index in [1.54, 1.807) is 11.8 Å². The van der Waals surface area contributed by atoms with Crippen molar-refractivity contribution in [2.45, 2.75) is 37.5 Å². The van der Waals surface area contributed by atoms with E-state index < -0.39 is 0 Å². The minimum Gasteiger partial charge on any atom is -0.393 e. The van der Waals surface area contributed by atoms with Gasteiger partial charge in [0.2, 0.25) is 0 Å². The van der Waals surface area contributed by atoms with Crippen LogP contribution in [0.15, 0.2) is 24.3 Å². The van der Waals surface area contributed by atoms with Gasteiger partial charge in [0.15, 0.2) is 0 Å². The van der Waals surface area contributed by atoms with Crippen LogP contribution in [-0.2, 0) is 0 Å². The van der Waals surface area contributed by atoms with Crippen LogP contribution in [0.4, 0.5) is 5.69 Å². The fourth-order valence-corrected chi connectivity index (χ4v) is 2.63. The van der Waals surface area contributed by atoms with Gasteiger partial charge in [-0.2, -0.15) is 11.8 Å². The molecule has 5 heteroatoms. The topological polar surface area (TPSA) is 52.6 Å². The summed E-state index contributed by atoms with van der Waals surface area (Å²) in [7, 11) is 0. The van der Waals surface area contributed by atoms with Gasteiger partial charge in [0, 0.05) is 35.6 Å². The lowest BCUT2D eigenvalue weighted by atomic mass is 10.1. The zero-order chi connectivity index (χ0) is 16.2. The molecule has 4 nitrogen and oxygen atoms in total. The van der Waals surface area contributed by atoms with Crippen LogP contribution in [0, 0.1) is 0 Å². The maximum atomic E-state index is 12.2. The van der Waals surface area contributed by atoms with E-state index in [0.29, 0.717) is 12.1 Å². The highest BCUT2D eigenvalue weighted by atomic mass is 32.2. The Labute approximate surface area is 137 Å². The number of benzene rings is 1. The summed E-state index contributed by atoms with van der Waals surface area (Å²) in [5, 5.41) is 12.5. The summed E-state index contributed by atoms with van der Waals surface area (Å²) in [5.74, 6) is -0.0252. The second-order valence-electron chi connectivity index (χ2n) is 6.41. The summed E-state index contributed by atoms with van der Waals surface area (Å²) >= 11 is 1.74. The minimum absolute atomic E-state index is 0.0252. The highest BCUT2D eigenvalue weighted by Gasteiger charge is 2.19. The van der Waals surface area contributed by atoms with Gasteiger partial charge in [-0.25, -0.2) is 0 Å². The predicted molar refractivity (Wildman–Crippen MR) is 93.8 cm³/mol. The van der Waals surface area contributed by atoms with Crippen molar-refractivity contribution in [3.8, 4) is 0 Å². The zero-order valence-electron chi connectivity index (χ0n) is 13.6. The van der Waals surface area contributed by atoms with Crippen molar-refractivity contribution in [3.05, 3.63) is 29.8 Å². The van der Waals surface area contributed by atoms with Crippen molar-refractivity contribution in [2.24, 2.45) is 0 Å². The SMILES string of the molecule is CSC(C)(C)CNC(=O)c1ccc(N2CCC(O)CC2)cc1. The Kier molecular flexibility index (Phi) is 5.75. The molecule has 1 amide bonds. The van der Waals surface area contributed by atoms with Gasteiger partial charge in [-0.05, 0) is 57.2 Å². The van der Waals surface area contributed by atoms with E-state index >= 15 is 0 Å². The monoisotopic (exact) mass is 322 g/mol. The number of nitrogens with one attached hydrogen (secondary N) is 1. The number of amides is 1. The summed E-state index contributed by atoms with van der Waals surface area (Å²) in [6.07, 6.45) is 3.51. The number of carbonyl (C=O) groups excluding carboxylic acids is 1. The van der Waals surface area contributed by atoms with Crippen molar-refractivity contribution in [2.75, 3.05) is 30.8 Å². The molecule has 0 unspecified atom stereocenters. The molecule has 1 aliphatic heterocycles. The summed E-state index contributed by atoms with van der Waals surface area (Å²) in [4.78, 5) is 14.4. The molecule has 0 bridgehead atoms. The molecule has 1 aliphatic rings. The second-order valence-corrected chi connectivity index (χ2v) is 7.93. The lowest BCUT2D eigenvalue weighted by molar-refractivity contribution is 0.0951. The molecule has 2 N–H and O–H groups in total. The van der Waals surface area contributed by atoms with Crippen LogP contribution in [0.5, 0.6) is 0 Å². The molecule has 1 aromatic rings. The van der Waals surface area contributed by atoms with Gasteiger partial charge < -0.3 is 15.3 Å². The van der Waals surface area contributed by atoms with E-state index in [0.717, 1.165) is 31.6 Å². The Balaban J connectivity index is 1.92. The number of hydrogen-bond donors (Lipinski definition) is 2. The molecule has 1 heterocycles. The summed E-state index contributed by atoms with van der Waals surface area (Å²) < 4.78 is 0.0459. The molecule has 2 rings (SSSR count). The number of hydrogen-bond acceptors (Lipinski definition) is 4. The van der Waals surface area contributed by atoms with Crippen LogP contribution < -0.4 is 10.2 Å². The zero-order valence-corrected chi connectivity index (χ0v) is 14.4. The van der Waals surface area contributed by atoms with E-state index in [1.807, 2.05) is 24.3 Å². The third kappa shape index (κ3) is 4.65. The van der Waals surface area contributed by atoms with E-state index in [-0.39, 0.29) is 16.8 Å². The second kappa shape index (κ2) is 7.38. The van der Waals surface area contributed by atoms with Crippen LogP contribution in [0.25, 0.3) is 0 Å². The molecule has 122 valence electrons. The molecule has 0 saturated carbocycles. The van der Waals surface area contributed by atoms with E-state index in [9.17, 15) is 9.90 Å². The maximum Gasteiger partial charge on any atom is 0.251 e. The molecule has 0 radical (unpaired) electrons. The van der Waals surface area contributed by atoms with Crippen LogP contribution in [0.3, 0.4) is 0 Å². The molecule has 22 heavy (non-hydrogen) atoms. The molecule has 0 spiro atoms. The number of nitrogens with zero attached hydrogens (tertiary/aromatic N) is 1. The van der Waals surface area contributed by atoms with E-state index in [4.69, 9.17) is 0 Å². The fourth-order valence-electron chi connectivity index (χ4n) is 2.42. The quantitative estimate of drug-likeness (QED) is 0.875. The number of rotatable bonds is 5. The standard InChI is InChI=1S/C17H26N2O2S/c1-17(2,22-3)12-18-16(21)13-4-6-14(7-5-13)19-10-8-15(20)9-11-19/h4-7,15,20H,8-12H2,1-3H3,(H,18,21). The van der Waals surface area contributed by atoms with Crippen LogP contribution in [0.1, 0.15) is 37.0 Å². The number of aliphatic hydroxyl groups is 1. The van der Waals surface area contributed by atoms with Gasteiger partial charge in [0.25, 0.3) is 5.91 Å². The van der Waals surface area contributed by atoms with Gasteiger partial charge >= 0.3 is 0 Å². The Morgan fingerprint density at radius 2 is 1.91 bits per heavy atom. The molecule has 0 aromatic heterocycles. The molecule has 1 saturated heterocycles. The first kappa shape index (κ1) is 17.2. The summed E-state index contributed by atoms with van der Waals surface area (Å²) in [5.41, 5.74) is 1.81. The molecule has 0 aliphatic carbocycles. The van der Waals surface area contributed by atoms with Crippen LogP contribution in [0.2, 0.25) is 0 Å². The molecule has 0 atom stereocenters. The Hall–Kier alpha value is -1.20. The van der Waals surface area contributed by atoms with Gasteiger partial charge in [-0.1, -0.05) is 0 Å². The molecular weight excluding hydrogens is 296 g/mol. The first-order valence-electron chi connectivity index (χ1n) is 7.78. The predicted octanol–water partition coefficient (Wildman–Crippen LogP) is 2.52. The van der Waals surface area contributed by atoms with Crippen molar-refractivity contribution in [1.82, 2.24) is 5.32 Å². The number of anilines is 1. The highest BCUT2D eigenvalue weighted by molar-refractivity contribution is 7.99. The third-order valence-electron chi connectivity index (χ3n) is 4.19. The first-order chi connectivity index (χ1) is 10.4. The third-order valence-corrected chi connectivity index (χ3v) is 5.44. The highest BCUT2D eigenvalue weighted by Crippen LogP contribution is 2.21. The smallest absolute Gasteiger partial charge is 0.251 e. The molecule has 1 aromatic carbocycles. The first-order valence-corrected chi connectivity index (χ1v) is 9.00. The molecule has 1 fully saturated rings. The Morgan fingerprint density at radius 3 is 2.45 bits per heavy atom. The van der Waals surface area contributed by atoms with Gasteiger partial charge in [-0.15, -0.1) is 0 Å². The molecular formula is C17H26N2O2S. The minimum atomic E-state index is -0.166.